The van der Waals surface area contributed by atoms with Crippen LogP contribution in [0, 0.1) is 0 Å². The lowest BCUT2D eigenvalue weighted by molar-refractivity contribution is 0.581. The van der Waals surface area contributed by atoms with Crippen molar-refractivity contribution in [2.24, 2.45) is 0 Å². The van der Waals surface area contributed by atoms with Crippen LogP contribution >= 0.6 is 32.0 Å². The summed E-state index contributed by atoms with van der Waals surface area (Å²) < 4.78 is 12.6. The number of benzene rings is 2. The molecule has 0 saturated carbocycles. The fourth-order valence-corrected chi connectivity index (χ4v) is 7.06. The van der Waals surface area contributed by atoms with Gasteiger partial charge in [0.05, 0.1) is 4.58 Å². The van der Waals surface area contributed by atoms with Gasteiger partial charge in [0.25, 0.3) is 0 Å². The van der Waals surface area contributed by atoms with Gasteiger partial charge in [0.2, 0.25) is 0 Å². The van der Waals surface area contributed by atoms with Gasteiger partial charge in [-0.3, -0.25) is 4.57 Å². The molecule has 20 heavy (non-hydrogen) atoms. The van der Waals surface area contributed by atoms with Crippen molar-refractivity contribution in [2.45, 2.75) is 9.74 Å². The number of hydrogen-bond donors (Lipinski definition) is 0. The highest BCUT2D eigenvalue weighted by molar-refractivity contribution is 8.20. The lowest BCUT2D eigenvalue weighted by Crippen LogP contribution is -2.30. The van der Waals surface area contributed by atoms with Crippen LogP contribution in [0.4, 0.5) is 0 Å². The van der Waals surface area contributed by atoms with E-state index in [9.17, 15) is 4.57 Å². The van der Waals surface area contributed by atoms with Crippen molar-refractivity contribution in [3.63, 3.8) is 0 Å². The van der Waals surface area contributed by atoms with Crippen molar-refractivity contribution in [1.29, 1.82) is 0 Å². The SMILES string of the molecule is O=PC(c1ccccc1)(c1ccccc1)C1SCCS1. The zero-order valence-corrected chi connectivity index (χ0v) is 13.5. The summed E-state index contributed by atoms with van der Waals surface area (Å²) in [5, 5.41) is -0.450. The van der Waals surface area contributed by atoms with Crippen molar-refractivity contribution in [3.05, 3.63) is 71.8 Å². The van der Waals surface area contributed by atoms with Crippen molar-refractivity contribution in [3.8, 4) is 0 Å². The minimum atomic E-state index is -0.450. The first-order chi connectivity index (χ1) is 9.88. The highest BCUT2D eigenvalue weighted by Crippen LogP contribution is 2.55. The van der Waals surface area contributed by atoms with Crippen LogP contribution in [0.15, 0.2) is 60.7 Å². The van der Waals surface area contributed by atoms with E-state index in [1.807, 2.05) is 59.9 Å². The molecule has 1 fully saturated rings. The predicted molar refractivity (Wildman–Crippen MR) is 90.0 cm³/mol. The van der Waals surface area contributed by atoms with Crippen molar-refractivity contribution in [2.75, 3.05) is 11.5 Å². The molecule has 2 aromatic carbocycles. The van der Waals surface area contributed by atoms with Crippen LogP contribution in [0.1, 0.15) is 11.1 Å². The molecule has 0 atom stereocenters. The molecule has 0 amide bonds. The van der Waals surface area contributed by atoms with Gasteiger partial charge < -0.3 is 0 Å². The van der Waals surface area contributed by atoms with Gasteiger partial charge in [-0.05, 0) is 11.1 Å². The topological polar surface area (TPSA) is 17.1 Å². The molecule has 0 radical (unpaired) electrons. The van der Waals surface area contributed by atoms with Gasteiger partial charge in [-0.2, -0.15) is 0 Å². The smallest absolute Gasteiger partial charge is 0.173 e. The van der Waals surface area contributed by atoms with Crippen LogP contribution in [0.2, 0.25) is 0 Å². The quantitative estimate of drug-likeness (QED) is 0.736. The maximum Gasteiger partial charge on any atom is 0.173 e. The minimum absolute atomic E-state index is 0.173. The Kier molecular flexibility index (Phi) is 4.50. The van der Waals surface area contributed by atoms with Gasteiger partial charge in [0, 0.05) is 11.5 Å². The molecule has 4 heteroatoms. The second-order valence-corrected chi connectivity index (χ2v) is 8.28. The summed E-state index contributed by atoms with van der Waals surface area (Å²) in [6.07, 6.45) is 0. The summed E-state index contributed by atoms with van der Waals surface area (Å²) in [6.45, 7) is 0. The van der Waals surface area contributed by atoms with E-state index in [1.165, 1.54) is 0 Å². The molecule has 0 aliphatic carbocycles. The molecule has 0 N–H and O–H groups in total. The largest absolute Gasteiger partial charge is 0.274 e. The lowest BCUT2D eigenvalue weighted by Gasteiger charge is -2.33. The third-order valence-electron chi connectivity index (χ3n) is 3.53. The van der Waals surface area contributed by atoms with Gasteiger partial charge in [-0.1, -0.05) is 60.7 Å². The second-order valence-electron chi connectivity index (χ2n) is 4.66. The molecule has 2 aromatic rings. The van der Waals surface area contributed by atoms with Crippen molar-refractivity contribution < 1.29 is 4.57 Å². The average Bonchev–Trinajstić information content (AvgIpc) is 3.06. The Bertz CT molecular complexity index is 528. The Labute approximate surface area is 129 Å². The van der Waals surface area contributed by atoms with Crippen LogP contribution < -0.4 is 0 Å². The molecule has 1 saturated heterocycles. The molecule has 1 nitrogen and oxygen atoms in total. The fraction of sp³-hybridized carbons (Fsp3) is 0.250. The van der Waals surface area contributed by atoms with E-state index in [0.29, 0.717) is 4.58 Å². The van der Waals surface area contributed by atoms with E-state index in [0.717, 1.165) is 22.6 Å². The molecule has 0 bridgehead atoms. The Morgan fingerprint density at radius 3 is 1.70 bits per heavy atom. The molecule has 0 aromatic heterocycles. The van der Waals surface area contributed by atoms with E-state index in [1.54, 1.807) is 0 Å². The molecule has 1 heterocycles. The first kappa shape index (κ1) is 14.2. The number of hydrogen-bond acceptors (Lipinski definition) is 3. The summed E-state index contributed by atoms with van der Waals surface area (Å²) in [4.78, 5) is 0. The molecule has 0 unspecified atom stereocenters. The number of rotatable bonds is 4. The van der Waals surface area contributed by atoms with Crippen molar-refractivity contribution in [1.82, 2.24) is 0 Å². The highest BCUT2D eigenvalue weighted by Gasteiger charge is 2.45. The number of thioether (sulfide) groups is 2. The summed E-state index contributed by atoms with van der Waals surface area (Å²) in [7, 11) is 0.173. The second kappa shape index (κ2) is 6.34. The highest BCUT2D eigenvalue weighted by atomic mass is 32.2. The first-order valence-corrected chi connectivity index (χ1v) is 9.47. The van der Waals surface area contributed by atoms with E-state index < -0.39 is 5.16 Å². The third kappa shape index (κ3) is 2.43. The van der Waals surface area contributed by atoms with Crippen LogP contribution in [-0.4, -0.2) is 16.1 Å². The Hall–Kier alpha value is -0.760. The van der Waals surface area contributed by atoms with E-state index in [-0.39, 0.29) is 8.46 Å². The molecular formula is C16H15OPS2. The molecule has 0 spiro atoms. The van der Waals surface area contributed by atoms with E-state index >= 15 is 0 Å². The third-order valence-corrected chi connectivity index (χ3v) is 8.21. The predicted octanol–water partition coefficient (Wildman–Crippen LogP) is 5.03. The Balaban J connectivity index is 2.18. The van der Waals surface area contributed by atoms with Gasteiger partial charge in [0.15, 0.2) is 8.46 Å². The molecule has 3 rings (SSSR count). The molecule has 102 valence electrons. The average molecular weight is 318 g/mol. The van der Waals surface area contributed by atoms with Gasteiger partial charge in [-0.25, -0.2) is 0 Å². The summed E-state index contributed by atoms with van der Waals surface area (Å²) in [5.74, 6) is 2.26. The normalized spacial score (nSPS) is 16.6. The zero-order valence-electron chi connectivity index (χ0n) is 10.9. The van der Waals surface area contributed by atoms with Crippen LogP contribution in [0.5, 0.6) is 0 Å². The Morgan fingerprint density at radius 1 is 0.850 bits per heavy atom. The van der Waals surface area contributed by atoms with Gasteiger partial charge in [0.1, 0.15) is 5.16 Å². The van der Waals surface area contributed by atoms with Crippen molar-refractivity contribution >= 4 is 32.0 Å². The van der Waals surface area contributed by atoms with Crippen LogP contribution in [0.3, 0.4) is 0 Å². The summed E-state index contributed by atoms with van der Waals surface area (Å²) in [6, 6.07) is 20.5. The first-order valence-electron chi connectivity index (χ1n) is 6.56. The summed E-state index contributed by atoms with van der Waals surface area (Å²) in [5.41, 5.74) is 2.27. The molecule has 1 aliphatic heterocycles. The monoisotopic (exact) mass is 318 g/mol. The molecule has 1 aliphatic rings. The van der Waals surface area contributed by atoms with Crippen LogP contribution in [0.25, 0.3) is 0 Å². The lowest BCUT2D eigenvalue weighted by atomic mass is 9.91. The van der Waals surface area contributed by atoms with Crippen LogP contribution in [-0.2, 0) is 9.72 Å². The fourth-order valence-electron chi connectivity index (χ4n) is 2.57. The summed E-state index contributed by atoms with van der Waals surface area (Å²) >= 11 is 3.84. The standard InChI is InChI=1S/C16H15OPS2/c17-18-16(15-19-11-12-20-15,13-7-3-1-4-8-13)14-9-5-2-6-10-14/h1-10,15H,11-12H2. The maximum absolute atomic E-state index is 12.3. The Morgan fingerprint density at radius 2 is 1.30 bits per heavy atom. The van der Waals surface area contributed by atoms with Gasteiger partial charge >= 0.3 is 0 Å². The van der Waals surface area contributed by atoms with E-state index in [4.69, 9.17) is 0 Å². The van der Waals surface area contributed by atoms with Gasteiger partial charge in [-0.15, -0.1) is 23.5 Å². The molecular weight excluding hydrogens is 303 g/mol. The maximum atomic E-state index is 12.3. The van der Waals surface area contributed by atoms with E-state index in [2.05, 4.69) is 24.3 Å². The minimum Gasteiger partial charge on any atom is -0.274 e. The zero-order chi connectivity index (χ0) is 13.8.